The zero-order valence-corrected chi connectivity index (χ0v) is 12.6. The van der Waals surface area contributed by atoms with E-state index in [4.69, 9.17) is 0 Å². The second-order valence-corrected chi connectivity index (χ2v) is 5.12. The molecule has 0 unspecified atom stereocenters. The lowest BCUT2D eigenvalue weighted by Crippen LogP contribution is -2.42. The number of nitro benzene ring substituents is 1. The number of carboxylic acids is 1. The number of nitrogens with one attached hydrogen (secondary N) is 1. The Labute approximate surface area is 140 Å². The lowest BCUT2D eigenvalue weighted by atomic mass is 10.0. The highest BCUT2D eigenvalue weighted by molar-refractivity contribution is 5.96. The molecular formula is C16H12F2N2O5. The van der Waals surface area contributed by atoms with E-state index in [-0.39, 0.29) is 17.7 Å². The van der Waals surface area contributed by atoms with E-state index in [2.05, 4.69) is 5.32 Å². The third kappa shape index (κ3) is 4.56. The number of rotatable bonds is 6. The number of hydrogen-bond donors (Lipinski definition) is 2. The van der Waals surface area contributed by atoms with Crippen LogP contribution in [0.3, 0.4) is 0 Å². The Morgan fingerprint density at radius 2 is 1.76 bits per heavy atom. The maximum absolute atomic E-state index is 13.2. The quantitative estimate of drug-likeness (QED) is 0.614. The van der Waals surface area contributed by atoms with Gasteiger partial charge in [0, 0.05) is 24.1 Å². The molecule has 0 spiro atoms. The molecule has 0 heterocycles. The van der Waals surface area contributed by atoms with Crippen LogP contribution in [0.1, 0.15) is 15.9 Å². The second kappa shape index (κ2) is 7.47. The van der Waals surface area contributed by atoms with Gasteiger partial charge in [0.15, 0.2) is 11.6 Å². The van der Waals surface area contributed by atoms with Crippen LogP contribution >= 0.6 is 0 Å². The highest BCUT2D eigenvalue weighted by Crippen LogP contribution is 2.14. The van der Waals surface area contributed by atoms with E-state index >= 15 is 0 Å². The van der Waals surface area contributed by atoms with Gasteiger partial charge in [-0.2, -0.15) is 0 Å². The van der Waals surface area contributed by atoms with Gasteiger partial charge in [-0.25, -0.2) is 13.6 Å². The fraction of sp³-hybridized carbons (Fsp3) is 0.125. The Bertz CT molecular complexity index is 824. The summed E-state index contributed by atoms with van der Waals surface area (Å²) in [5, 5.41) is 22.0. The monoisotopic (exact) mass is 350 g/mol. The largest absolute Gasteiger partial charge is 0.480 e. The fourth-order valence-corrected chi connectivity index (χ4v) is 2.07. The van der Waals surface area contributed by atoms with Gasteiger partial charge >= 0.3 is 5.97 Å². The van der Waals surface area contributed by atoms with Crippen molar-refractivity contribution in [2.45, 2.75) is 12.5 Å². The molecule has 2 N–H and O–H groups in total. The van der Waals surface area contributed by atoms with Crippen LogP contribution in [0.15, 0.2) is 42.5 Å². The van der Waals surface area contributed by atoms with E-state index in [1.165, 1.54) is 24.3 Å². The van der Waals surface area contributed by atoms with Crippen molar-refractivity contribution in [3.63, 3.8) is 0 Å². The highest BCUT2D eigenvalue weighted by Gasteiger charge is 2.22. The molecule has 0 aliphatic carbocycles. The molecule has 0 aliphatic heterocycles. The molecule has 0 aliphatic rings. The van der Waals surface area contributed by atoms with Gasteiger partial charge in [-0.1, -0.05) is 12.1 Å². The Hall–Kier alpha value is -3.36. The predicted molar refractivity (Wildman–Crippen MR) is 82.0 cm³/mol. The molecule has 0 bridgehead atoms. The van der Waals surface area contributed by atoms with Gasteiger partial charge in [0.05, 0.1) is 4.92 Å². The van der Waals surface area contributed by atoms with Crippen LogP contribution in [-0.4, -0.2) is 27.9 Å². The third-order valence-electron chi connectivity index (χ3n) is 3.37. The zero-order valence-electron chi connectivity index (χ0n) is 12.6. The first-order valence-corrected chi connectivity index (χ1v) is 7.00. The molecule has 0 fully saturated rings. The van der Waals surface area contributed by atoms with Gasteiger partial charge in [0.25, 0.3) is 11.6 Å². The SMILES string of the molecule is O=C(N[C@@H](Cc1ccc([N+](=O)[O-])cc1)C(=O)O)c1ccc(F)c(F)c1. The number of carboxylic acid groups (broad SMARTS) is 1. The standard InChI is InChI=1S/C16H12F2N2O5/c17-12-6-3-10(8-13(12)18)15(21)19-14(16(22)23)7-9-1-4-11(5-2-9)20(24)25/h1-6,8,14H,7H2,(H,19,21)(H,22,23)/t14-/m0/s1. The molecular weight excluding hydrogens is 338 g/mol. The van der Waals surface area contributed by atoms with Crippen LogP contribution in [0, 0.1) is 21.7 Å². The van der Waals surface area contributed by atoms with Crippen molar-refractivity contribution in [3.05, 3.63) is 75.3 Å². The van der Waals surface area contributed by atoms with Crippen molar-refractivity contribution in [1.82, 2.24) is 5.32 Å². The number of carbonyl (C=O) groups is 2. The first-order valence-electron chi connectivity index (χ1n) is 7.00. The fourth-order valence-electron chi connectivity index (χ4n) is 2.07. The number of nitro groups is 1. The van der Waals surface area contributed by atoms with Crippen molar-refractivity contribution < 1.29 is 28.4 Å². The summed E-state index contributed by atoms with van der Waals surface area (Å²) in [6.07, 6.45) is -0.136. The van der Waals surface area contributed by atoms with E-state index in [0.29, 0.717) is 11.6 Å². The molecule has 0 aromatic heterocycles. The van der Waals surface area contributed by atoms with E-state index in [1.54, 1.807) is 0 Å². The van der Waals surface area contributed by atoms with Gasteiger partial charge in [-0.15, -0.1) is 0 Å². The minimum Gasteiger partial charge on any atom is -0.480 e. The number of amides is 1. The van der Waals surface area contributed by atoms with Crippen molar-refractivity contribution in [1.29, 1.82) is 0 Å². The smallest absolute Gasteiger partial charge is 0.326 e. The van der Waals surface area contributed by atoms with E-state index in [1.807, 2.05) is 0 Å². The summed E-state index contributed by atoms with van der Waals surface area (Å²) in [4.78, 5) is 33.3. The normalized spacial score (nSPS) is 11.6. The molecule has 1 amide bonds. The molecule has 9 heteroatoms. The molecule has 25 heavy (non-hydrogen) atoms. The summed E-state index contributed by atoms with van der Waals surface area (Å²) in [7, 11) is 0. The van der Waals surface area contributed by atoms with Crippen LogP contribution in [0.4, 0.5) is 14.5 Å². The Morgan fingerprint density at radius 3 is 2.28 bits per heavy atom. The maximum Gasteiger partial charge on any atom is 0.326 e. The average Bonchev–Trinajstić information content (AvgIpc) is 2.57. The highest BCUT2D eigenvalue weighted by atomic mass is 19.2. The third-order valence-corrected chi connectivity index (χ3v) is 3.37. The van der Waals surface area contributed by atoms with Crippen LogP contribution in [0.25, 0.3) is 0 Å². The average molecular weight is 350 g/mol. The molecule has 1 atom stereocenters. The van der Waals surface area contributed by atoms with Crippen molar-refractivity contribution in [3.8, 4) is 0 Å². The molecule has 0 radical (unpaired) electrons. The molecule has 7 nitrogen and oxygen atoms in total. The van der Waals surface area contributed by atoms with Gasteiger partial charge in [0.2, 0.25) is 0 Å². The maximum atomic E-state index is 13.2. The topological polar surface area (TPSA) is 110 Å². The first-order chi connectivity index (χ1) is 11.8. The van der Waals surface area contributed by atoms with Crippen LogP contribution in [0.2, 0.25) is 0 Å². The van der Waals surface area contributed by atoms with Gasteiger partial charge in [0.1, 0.15) is 6.04 Å². The van der Waals surface area contributed by atoms with Gasteiger partial charge in [-0.05, 0) is 23.8 Å². The Balaban J connectivity index is 2.12. The van der Waals surface area contributed by atoms with Gasteiger partial charge < -0.3 is 10.4 Å². The number of halogens is 2. The summed E-state index contributed by atoms with van der Waals surface area (Å²) in [5.41, 5.74) is 0.0684. The first kappa shape index (κ1) is 18.0. The Morgan fingerprint density at radius 1 is 1.12 bits per heavy atom. The zero-order chi connectivity index (χ0) is 18.6. The van der Waals surface area contributed by atoms with E-state index < -0.39 is 34.5 Å². The van der Waals surface area contributed by atoms with Crippen LogP contribution in [-0.2, 0) is 11.2 Å². The number of benzene rings is 2. The van der Waals surface area contributed by atoms with Crippen molar-refractivity contribution in [2.75, 3.05) is 0 Å². The summed E-state index contributed by atoms with van der Waals surface area (Å²) in [6, 6.07) is 6.28. The lowest BCUT2D eigenvalue weighted by molar-refractivity contribution is -0.384. The molecule has 130 valence electrons. The molecule has 0 saturated heterocycles. The Kier molecular flexibility index (Phi) is 5.38. The van der Waals surface area contributed by atoms with Gasteiger partial charge in [-0.3, -0.25) is 14.9 Å². The number of carbonyl (C=O) groups excluding carboxylic acids is 1. The number of hydrogen-bond acceptors (Lipinski definition) is 4. The summed E-state index contributed by atoms with van der Waals surface area (Å²) in [5.74, 6) is -4.57. The van der Waals surface area contributed by atoms with Crippen LogP contribution < -0.4 is 5.32 Å². The molecule has 0 saturated carbocycles. The van der Waals surface area contributed by atoms with E-state index in [9.17, 15) is 33.6 Å². The lowest BCUT2D eigenvalue weighted by Gasteiger charge is -2.14. The molecule has 2 rings (SSSR count). The molecule has 2 aromatic carbocycles. The number of non-ortho nitro benzene ring substituents is 1. The summed E-state index contributed by atoms with van der Waals surface area (Å²) >= 11 is 0. The van der Waals surface area contributed by atoms with Crippen LogP contribution in [0.5, 0.6) is 0 Å². The van der Waals surface area contributed by atoms with Crippen molar-refractivity contribution in [2.24, 2.45) is 0 Å². The van der Waals surface area contributed by atoms with E-state index in [0.717, 1.165) is 12.1 Å². The number of aliphatic carboxylic acids is 1. The van der Waals surface area contributed by atoms with Crippen molar-refractivity contribution >= 4 is 17.6 Å². The minimum atomic E-state index is -1.35. The minimum absolute atomic E-state index is 0.136. The number of nitrogens with zero attached hydrogens (tertiary/aromatic N) is 1. The summed E-state index contributed by atoms with van der Waals surface area (Å²) in [6.45, 7) is 0. The predicted octanol–water partition coefficient (Wildman–Crippen LogP) is 2.30. The summed E-state index contributed by atoms with van der Waals surface area (Å²) < 4.78 is 26.0. The molecule has 2 aromatic rings. The second-order valence-electron chi connectivity index (χ2n) is 5.12.